The maximum atomic E-state index is 4.84. The number of benzene rings is 1. The minimum Gasteiger partial charge on any atom is -0.359 e. The molecule has 1 aromatic carbocycles. The smallest absolute Gasteiger partial charge is 0.0548 e. The Balaban J connectivity index is 1.95. The van der Waals surface area contributed by atoms with Gasteiger partial charge >= 0.3 is 0 Å². The van der Waals surface area contributed by atoms with Gasteiger partial charge in [0.05, 0.1) is 6.04 Å². The van der Waals surface area contributed by atoms with Crippen molar-refractivity contribution in [3.05, 3.63) is 66.4 Å². The lowest BCUT2D eigenvalue weighted by Gasteiger charge is -2.53. The Morgan fingerprint density at radius 2 is 1.58 bits per heavy atom. The molecule has 3 rings (SSSR count). The van der Waals surface area contributed by atoms with E-state index in [0.717, 1.165) is 30.6 Å². The van der Waals surface area contributed by atoms with Gasteiger partial charge in [-0.15, -0.1) is 0 Å². The third-order valence-corrected chi connectivity index (χ3v) is 10.4. The first kappa shape index (κ1) is 30.8. The normalized spacial score (nSPS) is 24.0. The Hall–Kier alpha value is -1.76. The van der Waals surface area contributed by atoms with Gasteiger partial charge in [-0.2, -0.15) is 0 Å². The van der Waals surface area contributed by atoms with Crippen molar-refractivity contribution in [2.45, 2.75) is 143 Å². The molecule has 1 nitrogen and oxygen atoms in total. The molecule has 212 valence electrons. The molecule has 1 aromatic rings. The van der Waals surface area contributed by atoms with Crippen molar-refractivity contribution in [2.24, 2.45) is 17.8 Å². The van der Waals surface area contributed by atoms with Crippen LogP contribution >= 0.6 is 0 Å². The molecule has 38 heavy (non-hydrogen) atoms. The SMILES string of the molecule is C=C(CC1CCCCC1)C(=C)N(C(CCCC)c1ccc(C(=C)CC)cc1)C1(C)CCC(C(C)CC)CC1. The minimum absolute atomic E-state index is 0.126. The fraction of sp³-hybridized carbons (Fsp3) is 0.676. The van der Waals surface area contributed by atoms with Crippen LogP contribution in [0, 0.1) is 17.8 Å². The lowest BCUT2D eigenvalue weighted by Crippen LogP contribution is -2.50. The molecule has 0 amide bonds. The Morgan fingerprint density at radius 3 is 2.13 bits per heavy atom. The third kappa shape index (κ3) is 7.67. The summed E-state index contributed by atoms with van der Waals surface area (Å²) in [5, 5.41) is 0. The molecular weight excluding hydrogens is 458 g/mol. The van der Waals surface area contributed by atoms with Crippen molar-refractivity contribution in [3.63, 3.8) is 0 Å². The van der Waals surface area contributed by atoms with Crippen LogP contribution in [0.15, 0.2) is 55.3 Å². The van der Waals surface area contributed by atoms with E-state index >= 15 is 0 Å². The number of hydrogen-bond acceptors (Lipinski definition) is 1. The zero-order valence-corrected chi connectivity index (χ0v) is 25.8. The third-order valence-electron chi connectivity index (χ3n) is 10.4. The molecule has 2 unspecified atom stereocenters. The van der Waals surface area contributed by atoms with Crippen LogP contribution in [0.1, 0.15) is 148 Å². The van der Waals surface area contributed by atoms with Gasteiger partial charge in [0.1, 0.15) is 0 Å². The lowest BCUT2D eigenvalue weighted by atomic mass is 9.70. The van der Waals surface area contributed by atoms with Crippen molar-refractivity contribution in [1.82, 2.24) is 4.90 Å². The molecule has 2 fully saturated rings. The Labute approximate surface area is 236 Å². The van der Waals surface area contributed by atoms with Gasteiger partial charge in [0.2, 0.25) is 0 Å². The maximum Gasteiger partial charge on any atom is 0.0548 e. The Bertz CT molecular complexity index is 891. The quantitative estimate of drug-likeness (QED) is 0.222. The van der Waals surface area contributed by atoms with E-state index in [1.807, 2.05) is 0 Å². The fourth-order valence-corrected chi connectivity index (χ4v) is 7.31. The summed E-state index contributed by atoms with van der Waals surface area (Å²) in [6.45, 7) is 25.7. The van der Waals surface area contributed by atoms with Gasteiger partial charge < -0.3 is 4.90 Å². The van der Waals surface area contributed by atoms with E-state index in [4.69, 9.17) is 13.2 Å². The summed E-state index contributed by atoms with van der Waals surface area (Å²) in [6.07, 6.45) is 19.1. The van der Waals surface area contributed by atoms with Crippen LogP contribution in [0.3, 0.4) is 0 Å². The van der Waals surface area contributed by atoms with E-state index in [2.05, 4.69) is 70.4 Å². The molecule has 0 saturated heterocycles. The second-order valence-corrected chi connectivity index (χ2v) is 13.1. The van der Waals surface area contributed by atoms with Crippen LogP contribution in [0.2, 0.25) is 0 Å². The van der Waals surface area contributed by atoms with Gasteiger partial charge in [-0.1, -0.05) is 123 Å². The summed E-state index contributed by atoms with van der Waals surface area (Å²) >= 11 is 0. The van der Waals surface area contributed by atoms with Gasteiger partial charge in [0.25, 0.3) is 0 Å². The van der Waals surface area contributed by atoms with E-state index in [1.165, 1.54) is 111 Å². The molecular formula is C37H59N. The van der Waals surface area contributed by atoms with Crippen molar-refractivity contribution < 1.29 is 0 Å². The van der Waals surface area contributed by atoms with E-state index in [1.54, 1.807) is 0 Å². The molecule has 2 aliphatic carbocycles. The largest absolute Gasteiger partial charge is 0.359 e. The van der Waals surface area contributed by atoms with Gasteiger partial charge in [-0.25, -0.2) is 0 Å². The molecule has 0 heterocycles. The van der Waals surface area contributed by atoms with Crippen LogP contribution in [0.4, 0.5) is 0 Å². The molecule has 0 aromatic heterocycles. The molecule has 1 heteroatoms. The molecule has 0 spiro atoms. The van der Waals surface area contributed by atoms with Crippen LogP contribution in [-0.2, 0) is 0 Å². The molecule has 2 saturated carbocycles. The fourth-order valence-electron chi connectivity index (χ4n) is 7.31. The van der Waals surface area contributed by atoms with Gasteiger partial charge in [0.15, 0.2) is 0 Å². The van der Waals surface area contributed by atoms with Crippen LogP contribution in [0.5, 0.6) is 0 Å². The first-order valence-electron chi connectivity index (χ1n) is 16.2. The Kier molecular flexibility index (Phi) is 11.8. The standard InChI is InChI=1S/C37H59N/c1-9-12-18-36(35-21-19-33(20-22-35)28(4)10-2)38(31(7)30(6)27-32-16-14-13-15-17-32)37(8)25-23-34(24-26-37)29(5)11-3/h19-22,29,32,34,36H,4,6-7,9-18,23-27H2,1-3,5,8H3. The number of unbranched alkanes of at least 4 members (excludes halogenated alkanes) is 1. The molecule has 0 N–H and O–H groups in total. The van der Waals surface area contributed by atoms with Gasteiger partial charge in [0, 0.05) is 11.2 Å². The zero-order chi connectivity index (χ0) is 27.7. The summed E-state index contributed by atoms with van der Waals surface area (Å²) in [6, 6.07) is 9.73. The lowest BCUT2D eigenvalue weighted by molar-refractivity contribution is 0.0336. The summed E-state index contributed by atoms with van der Waals surface area (Å²) < 4.78 is 0. The number of allylic oxidation sites excluding steroid dienone is 2. The molecule has 0 aliphatic heterocycles. The Morgan fingerprint density at radius 1 is 0.947 bits per heavy atom. The summed E-state index contributed by atoms with van der Waals surface area (Å²) in [5.41, 5.74) is 6.57. The highest BCUT2D eigenvalue weighted by Crippen LogP contribution is 2.47. The average Bonchev–Trinajstić information content (AvgIpc) is 2.95. The first-order chi connectivity index (χ1) is 18.2. The topological polar surface area (TPSA) is 3.24 Å². The van der Waals surface area contributed by atoms with E-state index in [9.17, 15) is 0 Å². The molecule has 0 bridgehead atoms. The monoisotopic (exact) mass is 517 g/mol. The number of rotatable bonds is 14. The maximum absolute atomic E-state index is 4.84. The predicted molar refractivity (Wildman–Crippen MR) is 169 cm³/mol. The predicted octanol–water partition coefficient (Wildman–Crippen LogP) is 11.7. The van der Waals surface area contributed by atoms with E-state index < -0.39 is 0 Å². The highest BCUT2D eigenvalue weighted by molar-refractivity contribution is 5.63. The van der Waals surface area contributed by atoms with E-state index in [0.29, 0.717) is 6.04 Å². The van der Waals surface area contributed by atoms with Crippen molar-refractivity contribution in [1.29, 1.82) is 0 Å². The number of hydrogen-bond donors (Lipinski definition) is 0. The number of nitrogens with zero attached hydrogens (tertiary/aromatic N) is 1. The summed E-state index contributed by atoms with van der Waals surface area (Å²) in [5.74, 6) is 2.48. The van der Waals surface area contributed by atoms with Crippen LogP contribution < -0.4 is 0 Å². The van der Waals surface area contributed by atoms with Crippen LogP contribution in [-0.4, -0.2) is 10.4 Å². The minimum atomic E-state index is 0.126. The highest BCUT2D eigenvalue weighted by Gasteiger charge is 2.41. The summed E-state index contributed by atoms with van der Waals surface area (Å²) in [7, 11) is 0. The van der Waals surface area contributed by atoms with E-state index in [-0.39, 0.29) is 5.54 Å². The second kappa shape index (κ2) is 14.6. The molecule has 2 atom stereocenters. The summed E-state index contributed by atoms with van der Waals surface area (Å²) in [4.78, 5) is 2.80. The highest BCUT2D eigenvalue weighted by atomic mass is 15.2. The van der Waals surface area contributed by atoms with Crippen molar-refractivity contribution >= 4 is 5.57 Å². The first-order valence-corrected chi connectivity index (χ1v) is 16.2. The average molecular weight is 518 g/mol. The van der Waals surface area contributed by atoms with Gasteiger partial charge in [-0.05, 0) is 91.9 Å². The zero-order valence-electron chi connectivity index (χ0n) is 25.8. The second-order valence-electron chi connectivity index (χ2n) is 13.1. The van der Waals surface area contributed by atoms with Gasteiger partial charge in [-0.3, -0.25) is 0 Å². The van der Waals surface area contributed by atoms with Crippen molar-refractivity contribution in [3.8, 4) is 0 Å². The molecule has 2 aliphatic rings. The van der Waals surface area contributed by atoms with Crippen molar-refractivity contribution in [2.75, 3.05) is 0 Å². The van der Waals surface area contributed by atoms with Crippen LogP contribution in [0.25, 0.3) is 5.57 Å². The molecule has 0 radical (unpaired) electrons.